The smallest absolute Gasteiger partial charge is 0.0513 e. The van der Waals surface area contributed by atoms with Crippen LogP contribution in [-0.2, 0) is 0 Å². The van der Waals surface area contributed by atoms with E-state index in [-0.39, 0.29) is 0 Å². The maximum Gasteiger partial charge on any atom is 0.0513 e. The number of hydrogen-bond acceptors (Lipinski definition) is 3. The summed E-state index contributed by atoms with van der Waals surface area (Å²) < 4.78 is 0. The zero-order chi connectivity index (χ0) is 8.55. The summed E-state index contributed by atoms with van der Waals surface area (Å²) >= 11 is 5.28. The Morgan fingerprint density at radius 3 is 2.83 bits per heavy atom. The van der Waals surface area contributed by atoms with Crippen molar-refractivity contribution in [1.82, 2.24) is 10.2 Å². The van der Waals surface area contributed by atoms with Gasteiger partial charge in [-0.3, -0.25) is 0 Å². The molecule has 1 saturated heterocycles. The summed E-state index contributed by atoms with van der Waals surface area (Å²) in [5.41, 5.74) is 0. The maximum absolute atomic E-state index is 5.28. The van der Waals surface area contributed by atoms with E-state index in [1.807, 2.05) is 0 Å². The van der Waals surface area contributed by atoms with Crippen LogP contribution in [0.1, 0.15) is 19.3 Å². The Morgan fingerprint density at radius 1 is 1.58 bits per heavy atom. The Morgan fingerprint density at radius 2 is 2.33 bits per heavy atom. The zero-order valence-electron chi connectivity index (χ0n) is 7.55. The third kappa shape index (κ3) is 1.84. The highest BCUT2D eigenvalue weighted by Gasteiger charge is 2.29. The molecule has 1 saturated carbocycles. The van der Waals surface area contributed by atoms with E-state index in [0.29, 0.717) is 6.04 Å². The first-order valence-electron chi connectivity index (χ1n) is 4.73. The summed E-state index contributed by atoms with van der Waals surface area (Å²) in [5, 5.41) is 3.44. The summed E-state index contributed by atoms with van der Waals surface area (Å²) in [6.07, 6.45) is 3.87. The van der Waals surface area contributed by atoms with Gasteiger partial charge in [0.2, 0.25) is 0 Å². The molecule has 1 unspecified atom stereocenters. The molecule has 12 heavy (non-hydrogen) atoms. The molecule has 0 spiro atoms. The molecule has 68 valence electrons. The average Bonchev–Trinajstić information content (AvgIpc) is 2.80. The van der Waals surface area contributed by atoms with Crippen molar-refractivity contribution in [1.29, 1.82) is 0 Å². The van der Waals surface area contributed by atoms with E-state index in [2.05, 4.69) is 17.3 Å². The molecule has 2 nitrogen and oxygen atoms in total. The summed E-state index contributed by atoms with van der Waals surface area (Å²) in [6.45, 7) is 2.20. The van der Waals surface area contributed by atoms with Crippen LogP contribution in [0.15, 0.2) is 0 Å². The molecule has 0 bridgehead atoms. The summed E-state index contributed by atoms with van der Waals surface area (Å²) in [6, 6.07) is 1.35. The van der Waals surface area contributed by atoms with Crippen LogP contribution >= 0.6 is 12.2 Å². The first-order valence-corrected chi connectivity index (χ1v) is 5.14. The molecule has 1 aliphatic heterocycles. The van der Waals surface area contributed by atoms with Crippen molar-refractivity contribution in [2.24, 2.45) is 0 Å². The van der Waals surface area contributed by atoms with Crippen LogP contribution in [0.3, 0.4) is 0 Å². The van der Waals surface area contributed by atoms with E-state index in [0.717, 1.165) is 25.6 Å². The van der Waals surface area contributed by atoms with Gasteiger partial charge >= 0.3 is 0 Å². The van der Waals surface area contributed by atoms with Crippen molar-refractivity contribution >= 4 is 17.1 Å². The maximum atomic E-state index is 5.28. The standard InChI is InChI=1S/C9H16N2S/c1-11(7-2-3-7)6-8-9(12)4-5-10-8/h7-8,10H,2-6H2,1H3. The molecule has 1 N–H and O–H groups in total. The molecule has 0 aromatic carbocycles. The molecular formula is C9H16N2S. The summed E-state index contributed by atoms with van der Waals surface area (Å²) in [4.78, 5) is 3.66. The third-order valence-corrected chi connectivity index (χ3v) is 3.28. The second-order valence-corrected chi connectivity index (χ2v) is 4.42. The molecule has 0 amide bonds. The van der Waals surface area contributed by atoms with Crippen molar-refractivity contribution in [2.45, 2.75) is 31.3 Å². The number of likely N-dealkylation sites (N-methyl/N-ethyl adjacent to an activating group) is 1. The van der Waals surface area contributed by atoms with Crippen molar-refractivity contribution in [2.75, 3.05) is 20.1 Å². The van der Waals surface area contributed by atoms with E-state index < -0.39 is 0 Å². The topological polar surface area (TPSA) is 15.3 Å². The monoisotopic (exact) mass is 184 g/mol. The minimum Gasteiger partial charge on any atom is -0.308 e. The zero-order valence-corrected chi connectivity index (χ0v) is 8.36. The molecule has 1 aliphatic carbocycles. The molecule has 2 rings (SSSR count). The van der Waals surface area contributed by atoms with Crippen LogP contribution in [0.5, 0.6) is 0 Å². The molecule has 0 aromatic rings. The minimum absolute atomic E-state index is 0.491. The molecule has 0 aromatic heterocycles. The largest absolute Gasteiger partial charge is 0.308 e. The minimum atomic E-state index is 0.491. The first kappa shape index (κ1) is 8.60. The fraction of sp³-hybridized carbons (Fsp3) is 0.889. The first-order chi connectivity index (χ1) is 5.77. The summed E-state index contributed by atoms with van der Waals surface area (Å²) in [5.74, 6) is 0. The highest BCUT2D eigenvalue weighted by Crippen LogP contribution is 2.25. The molecule has 2 aliphatic rings. The Balaban J connectivity index is 1.80. The lowest BCUT2D eigenvalue weighted by molar-refractivity contribution is 0.312. The van der Waals surface area contributed by atoms with Crippen molar-refractivity contribution < 1.29 is 0 Å². The van der Waals surface area contributed by atoms with Gasteiger partial charge in [0.15, 0.2) is 0 Å². The van der Waals surface area contributed by atoms with Crippen LogP contribution in [0.2, 0.25) is 0 Å². The second-order valence-electron chi connectivity index (χ2n) is 3.89. The molecule has 1 heterocycles. The fourth-order valence-electron chi connectivity index (χ4n) is 1.78. The Bertz CT molecular complexity index is 189. The van der Waals surface area contributed by atoms with E-state index in [1.54, 1.807) is 0 Å². The van der Waals surface area contributed by atoms with Gasteiger partial charge in [0.1, 0.15) is 0 Å². The van der Waals surface area contributed by atoms with Crippen molar-refractivity contribution in [3.05, 3.63) is 0 Å². The molecule has 2 fully saturated rings. The van der Waals surface area contributed by atoms with Gasteiger partial charge in [-0.15, -0.1) is 0 Å². The lowest BCUT2D eigenvalue weighted by atomic mass is 10.2. The lowest BCUT2D eigenvalue weighted by Gasteiger charge is -2.20. The molecular weight excluding hydrogens is 168 g/mol. The predicted octanol–water partition coefficient (Wildman–Crippen LogP) is 0.812. The Kier molecular flexibility index (Phi) is 2.44. The fourth-order valence-corrected chi connectivity index (χ4v) is 2.04. The highest BCUT2D eigenvalue weighted by molar-refractivity contribution is 7.80. The van der Waals surface area contributed by atoms with Gasteiger partial charge in [0.05, 0.1) is 6.04 Å². The number of thiocarbonyl (C=S) groups is 1. The second kappa shape index (κ2) is 3.40. The van der Waals surface area contributed by atoms with Crippen LogP contribution in [0, 0.1) is 0 Å². The molecule has 3 heteroatoms. The number of nitrogens with zero attached hydrogens (tertiary/aromatic N) is 1. The van der Waals surface area contributed by atoms with Gasteiger partial charge in [-0.2, -0.15) is 0 Å². The van der Waals surface area contributed by atoms with Crippen molar-refractivity contribution in [3.63, 3.8) is 0 Å². The average molecular weight is 184 g/mol. The predicted molar refractivity (Wildman–Crippen MR) is 54.7 cm³/mol. The van der Waals surface area contributed by atoms with Gasteiger partial charge in [-0.1, -0.05) is 12.2 Å². The van der Waals surface area contributed by atoms with Crippen molar-refractivity contribution in [3.8, 4) is 0 Å². The molecule has 1 atom stereocenters. The van der Waals surface area contributed by atoms with E-state index in [9.17, 15) is 0 Å². The SMILES string of the molecule is CN(CC1NCCC1=S)C1CC1. The Labute approximate surface area is 79.3 Å². The quantitative estimate of drug-likeness (QED) is 0.654. The van der Waals surface area contributed by atoms with E-state index in [1.165, 1.54) is 17.7 Å². The number of nitrogens with one attached hydrogen (secondary N) is 1. The van der Waals surface area contributed by atoms with Gasteiger partial charge in [0, 0.05) is 24.0 Å². The van der Waals surface area contributed by atoms with Gasteiger partial charge in [-0.05, 0) is 26.3 Å². The van der Waals surface area contributed by atoms with Crippen LogP contribution in [-0.4, -0.2) is 42.0 Å². The number of hydrogen-bond donors (Lipinski definition) is 1. The van der Waals surface area contributed by atoms with Gasteiger partial charge < -0.3 is 10.2 Å². The normalized spacial score (nSPS) is 30.2. The van der Waals surface area contributed by atoms with E-state index in [4.69, 9.17) is 12.2 Å². The molecule has 0 radical (unpaired) electrons. The van der Waals surface area contributed by atoms with Crippen LogP contribution in [0.25, 0.3) is 0 Å². The van der Waals surface area contributed by atoms with Crippen LogP contribution < -0.4 is 5.32 Å². The van der Waals surface area contributed by atoms with E-state index >= 15 is 0 Å². The van der Waals surface area contributed by atoms with Gasteiger partial charge in [0.25, 0.3) is 0 Å². The number of rotatable bonds is 3. The lowest BCUT2D eigenvalue weighted by Crippen LogP contribution is -2.39. The highest BCUT2D eigenvalue weighted by atomic mass is 32.1. The van der Waals surface area contributed by atoms with Crippen LogP contribution in [0.4, 0.5) is 0 Å². The summed E-state index contributed by atoms with van der Waals surface area (Å²) in [7, 11) is 2.21. The Hall–Kier alpha value is 0.01000. The van der Waals surface area contributed by atoms with Gasteiger partial charge in [-0.25, -0.2) is 0 Å². The third-order valence-electron chi connectivity index (χ3n) is 2.79.